The van der Waals surface area contributed by atoms with Crippen molar-refractivity contribution in [3.05, 3.63) is 60.2 Å². The predicted molar refractivity (Wildman–Crippen MR) is 68.7 cm³/mol. The molecule has 106 valence electrons. The lowest BCUT2D eigenvalue weighted by molar-refractivity contribution is -0.140. The minimum Gasteiger partial charge on any atom is -0.304 e. The molecule has 2 rings (SSSR count). The SMILES string of the molecule is FC(F)(F)CC(NCc1ccncn1)c1ccccc1. The normalized spacial score (nSPS) is 13.2. The lowest BCUT2D eigenvalue weighted by Gasteiger charge is -2.20. The molecule has 1 aromatic carbocycles. The molecule has 0 aliphatic rings. The zero-order valence-corrected chi connectivity index (χ0v) is 10.6. The van der Waals surface area contributed by atoms with Gasteiger partial charge in [0.15, 0.2) is 0 Å². The zero-order valence-electron chi connectivity index (χ0n) is 10.6. The summed E-state index contributed by atoms with van der Waals surface area (Å²) < 4.78 is 38.0. The van der Waals surface area contributed by atoms with E-state index < -0.39 is 18.6 Å². The van der Waals surface area contributed by atoms with E-state index in [1.807, 2.05) is 0 Å². The van der Waals surface area contributed by atoms with Gasteiger partial charge in [0.1, 0.15) is 6.33 Å². The molecule has 0 bridgehead atoms. The van der Waals surface area contributed by atoms with E-state index in [2.05, 4.69) is 15.3 Å². The van der Waals surface area contributed by atoms with Gasteiger partial charge in [-0.2, -0.15) is 13.2 Å². The average molecular weight is 281 g/mol. The molecule has 0 fully saturated rings. The Kier molecular flexibility index (Phi) is 4.68. The van der Waals surface area contributed by atoms with Crippen molar-refractivity contribution in [2.45, 2.75) is 25.2 Å². The number of aromatic nitrogens is 2. The van der Waals surface area contributed by atoms with Gasteiger partial charge in [0.2, 0.25) is 0 Å². The van der Waals surface area contributed by atoms with Crippen LogP contribution in [0.5, 0.6) is 0 Å². The number of nitrogens with one attached hydrogen (secondary N) is 1. The quantitative estimate of drug-likeness (QED) is 0.914. The number of rotatable bonds is 5. The Bertz CT molecular complexity index is 514. The fourth-order valence-electron chi connectivity index (χ4n) is 1.88. The summed E-state index contributed by atoms with van der Waals surface area (Å²) in [5.41, 5.74) is 1.27. The fraction of sp³-hybridized carbons (Fsp3) is 0.286. The van der Waals surface area contributed by atoms with Crippen LogP contribution in [0.1, 0.15) is 23.7 Å². The first-order valence-electron chi connectivity index (χ1n) is 6.14. The Morgan fingerprint density at radius 2 is 1.85 bits per heavy atom. The van der Waals surface area contributed by atoms with Crippen molar-refractivity contribution in [3.8, 4) is 0 Å². The highest BCUT2D eigenvalue weighted by atomic mass is 19.4. The molecule has 2 aromatic rings. The first kappa shape index (κ1) is 14.5. The second kappa shape index (κ2) is 6.47. The zero-order chi connectivity index (χ0) is 14.4. The maximum absolute atomic E-state index is 12.7. The van der Waals surface area contributed by atoms with E-state index in [-0.39, 0.29) is 6.54 Å². The van der Waals surface area contributed by atoms with E-state index in [0.29, 0.717) is 11.3 Å². The molecule has 1 N–H and O–H groups in total. The maximum Gasteiger partial charge on any atom is 0.390 e. The molecule has 0 spiro atoms. The van der Waals surface area contributed by atoms with Gasteiger partial charge >= 0.3 is 6.18 Å². The first-order chi connectivity index (χ1) is 9.54. The standard InChI is InChI=1S/C14H14F3N3/c15-14(16,17)8-13(11-4-2-1-3-5-11)19-9-12-6-7-18-10-20-12/h1-7,10,13,19H,8-9H2. The van der Waals surface area contributed by atoms with E-state index in [1.165, 1.54) is 6.33 Å². The van der Waals surface area contributed by atoms with Crippen LogP contribution < -0.4 is 5.32 Å². The number of benzene rings is 1. The number of nitrogens with zero attached hydrogens (tertiary/aromatic N) is 2. The van der Waals surface area contributed by atoms with E-state index >= 15 is 0 Å². The Morgan fingerprint density at radius 1 is 1.10 bits per heavy atom. The third-order valence-corrected chi connectivity index (χ3v) is 2.81. The molecule has 6 heteroatoms. The van der Waals surface area contributed by atoms with E-state index in [4.69, 9.17) is 0 Å². The first-order valence-corrected chi connectivity index (χ1v) is 6.14. The van der Waals surface area contributed by atoms with E-state index in [9.17, 15) is 13.2 Å². The van der Waals surface area contributed by atoms with Crippen molar-refractivity contribution in [1.29, 1.82) is 0 Å². The van der Waals surface area contributed by atoms with Crippen molar-refractivity contribution >= 4 is 0 Å². The maximum atomic E-state index is 12.7. The van der Waals surface area contributed by atoms with Gasteiger partial charge in [0.05, 0.1) is 12.1 Å². The molecule has 1 unspecified atom stereocenters. The van der Waals surface area contributed by atoms with Gasteiger partial charge in [-0.1, -0.05) is 30.3 Å². The molecule has 1 heterocycles. The van der Waals surface area contributed by atoms with Crippen LogP contribution in [0.15, 0.2) is 48.9 Å². The van der Waals surface area contributed by atoms with Gasteiger partial charge in [0.25, 0.3) is 0 Å². The van der Waals surface area contributed by atoms with Crippen LogP contribution in [0, 0.1) is 0 Å². The molecule has 0 saturated heterocycles. The Balaban J connectivity index is 2.07. The highest BCUT2D eigenvalue weighted by molar-refractivity contribution is 5.19. The molecule has 3 nitrogen and oxygen atoms in total. The van der Waals surface area contributed by atoms with Crippen molar-refractivity contribution in [2.75, 3.05) is 0 Å². The van der Waals surface area contributed by atoms with Crippen LogP contribution in [-0.4, -0.2) is 16.1 Å². The molecule has 0 amide bonds. The molecule has 20 heavy (non-hydrogen) atoms. The number of halogens is 3. The summed E-state index contributed by atoms with van der Waals surface area (Å²) in [6, 6.07) is 9.48. The van der Waals surface area contributed by atoms with Crippen LogP contribution in [0.2, 0.25) is 0 Å². The molecular formula is C14H14F3N3. The molecule has 0 radical (unpaired) electrons. The minimum absolute atomic E-state index is 0.262. The van der Waals surface area contributed by atoms with Crippen LogP contribution in [0.3, 0.4) is 0 Å². The summed E-state index contributed by atoms with van der Waals surface area (Å²) in [5, 5.41) is 2.90. The summed E-state index contributed by atoms with van der Waals surface area (Å²) in [5.74, 6) is 0. The Morgan fingerprint density at radius 3 is 2.45 bits per heavy atom. The Hall–Kier alpha value is -1.95. The van der Waals surface area contributed by atoms with Crippen molar-refractivity contribution in [1.82, 2.24) is 15.3 Å². The fourth-order valence-corrected chi connectivity index (χ4v) is 1.88. The average Bonchev–Trinajstić information content (AvgIpc) is 2.44. The summed E-state index contributed by atoms with van der Waals surface area (Å²) >= 11 is 0. The van der Waals surface area contributed by atoms with Crippen LogP contribution in [0.4, 0.5) is 13.2 Å². The van der Waals surface area contributed by atoms with Gasteiger partial charge in [0, 0.05) is 18.8 Å². The summed E-state index contributed by atoms with van der Waals surface area (Å²) in [6.07, 6.45) is -2.20. The molecule has 0 saturated carbocycles. The largest absolute Gasteiger partial charge is 0.390 e. The topological polar surface area (TPSA) is 37.8 Å². The molecular weight excluding hydrogens is 267 g/mol. The van der Waals surface area contributed by atoms with E-state index in [0.717, 1.165) is 0 Å². The smallest absolute Gasteiger partial charge is 0.304 e. The number of hydrogen-bond acceptors (Lipinski definition) is 3. The molecule has 1 aromatic heterocycles. The second-order valence-corrected chi connectivity index (χ2v) is 4.36. The molecule has 1 atom stereocenters. The second-order valence-electron chi connectivity index (χ2n) is 4.36. The van der Waals surface area contributed by atoms with Gasteiger partial charge in [-0.3, -0.25) is 0 Å². The van der Waals surface area contributed by atoms with Crippen molar-refractivity contribution in [3.63, 3.8) is 0 Å². The van der Waals surface area contributed by atoms with E-state index in [1.54, 1.807) is 42.6 Å². The minimum atomic E-state index is -4.22. The third-order valence-electron chi connectivity index (χ3n) is 2.81. The number of hydrogen-bond donors (Lipinski definition) is 1. The third kappa shape index (κ3) is 4.62. The summed E-state index contributed by atoms with van der Waals surface area (Å²) in [6.45, 7) is 0.262. The lowest BCUT2D eigenvalue weighted by Crippen LogP contribution is -2.26. The van der Waals surface area contributed by atoms with Crippen LogP contribution in [-0.2, 0) is 6.54 Å². The van der Waals surface area contributed by atoms with Gasteiger partial charge in [-0.05, 0) is 11.6 Å². The summed E-state index contributed by atoms with van der Waals surface area (Å²) in [7, 11) is 0. The summed E-state index contributed by atoms with van der Waals surface area (Å²) in [4.78, 5) is 7.76. The van der Waals surface area contributed by atoms with Gasteiger partial charge < -0.3 is 5.32 Å². The highest BCUT2D eigenvalue weighted by Gasteiger charge is 2.32. The predicted octanol–water partition coefficient (Wildman–Crippen LogP) is 3.26. The van der Waals surface area contributed by atoms with Crippen molar-refractivity contribution in [2.24, 2.45) is 0 Å². The Labute approximate surface area is 114 Å². The number of alkyl halides is 3. The van der Waals surface area contributed by atoms with Crippen LogP contribution in [0.25, 0.3) is 0 Å². The van der Waals surface area contributed by atoms with Crippen LogP contribution >= 0.6 is 0 Å². The lowest BCUT2D eigenvalue weighted by atomic mass is 10.0. The monoisotopic (exact) mass is 281 g/mol. The van der Waals surface area contributed by atoms with Crippen molar-refractivity contribution < 1.29 is 13.2 Å². The molecule has 0 aliphatic carbocycles. The highest BCUT2D eigenvalue weighted by Crippen LogP contribution is 2.29. The van der Waals surface area contributed by atoms with Gasteiger partial charge in [-0.15, -0.1) is 0 Å². The van der Waals surface area contributed by atoms with Gasteiger partial charge in [-0.25, -0.2) is 9.97 Å². The molecule has 0 aliphatic heterocycles.